The first-order valence-electron chi connectivity index (χ1n) is 6.86. The topological polar surface area (TPSA) is 31.6 Å². The van der Waals surface area contributed by atoms with E-state index in [9.17, 15) is 0 Å². The minimum atomic E-state index is 0.186. The molecule has 0 bridgehead atoms. The molecule has 1 aromatic heterocycles. The van der Waals surface area contributed by atoms with Crippen LogP contribution in [0.5, 0.6) is 0 Å². The van der Waals surface area contributed by atoms with Gasteiger partial charge >= 0.3 is 0 Å². The summed E-state index contributed by atoms with van der Waals surface area (Å²) < 4.78 is 6.29. The molecular formula is C14H24BrN3O. The number of nitrogens with one attached hydrogen (secondary N) is 1. The van der Waals surface area contributed by atoms with Crippen LogP contribution in [0.3, 0.4) is 0 Å². The van der Waals surface area contributed by atoms with Gasteiger partial charge in [0.05, 0.1) is 6.54 Å². The predicted molar refractivity (Wildman–Crippen MR) is 81.3 cm³/mol. The number of hydrogen-bond acceptors (Lipinski definition) is 4. The van der Waals surface area contributed by atoms with Gasteiger partial charge in [0.15, 0.2) is 4.67 Å². The molecule has 1 N–H and O–H groups in total. The fourth-order valence-electron chi connectivity index (χ4n) is 2.46. The molecule has 0 amide bonds. The molecule has 1 aromatic rings. The number of hydrogen-bond donors (Lipinski definition) is 1. The minimum absolute atomic E-state index is 0.186. The summed E-state index contributed by atoms with van der Waals surface area (Å²) in [6.45, 7) is 11.0. The van der Waals surface area contributed by atoms with Gasteiger partial charge in [-0.25, -0.2) is 0 Å². The molecule has 0 aliphatic carbocycles. The monoisotopic (exact) mass is 329 g/mol. The zero-order chi connectivity index (χ0) is 13.9. The minimum Gasteiger partial charge on any atom is -0.453 e. The van der Waals surface area contributed by atoms with Crippen molar-refractivity contribution in [3.05, 3.63) is 22.6 Å². The highest BCUT2D eigenvalue weighted by molar-refractivity contribution is 9.10. The van der Waals surface area contributed by atoms with Gasteiger partial charge in [-0.15, -0.1) is 0 Å². The highest BCUT2D eigenvalue weighted by Crippen LogP contribution is 2.17. The van der Waals surface area contributed by atoms with Crippen molar-refractivity contribution in [1.82, 2.24) is 15.1 Å². The lowest BCUT2D eigenvalue weighted by atomic mass is 10.0. The van der Waals surface area contributed by atoms with Crippen molar-refractivity contribution in [2.45, 2.75) is 25.9 Å². The first-order valence-corrected chi connectivity index (χ1v) is 7.65. The summed E-state index contributed by atoms with van der Waals surface area (Å²) in [6.07, 6.45) is 0. The van der Waals surface area contributed by atoms with Crippen LogP contribution in [0, 0.1) is 0 Å². The maximum atomic E-state index is 5.49. The molecule has 19 heavy (non-hydrogen) atoms. The van der Waals surface area contributed by atoms with E-state index >= 15 is 0 Å². The van der Waals surface area contributed by atoms with Crippen LogP contribution < -0.4 is 5.32 Å². The van der Waals surface area contributed by atoms with Crippen molar-refractivity contribution in [1.29, 1.82) is 0 Å². The zero-order valence-corrected chi connectivity index (χ0v) is 13.7. The number of halogens is 1. The van der Waals surface area contributed by atoms with E-state index in [0.717, 1.165) is 49.7 Å². The molecule has 0 radical (unpaired) electrons. The van der Waals surface area contributed by atoms with Crippen LogP contribution in [-0.2, 0) is 6.54 Å². The third-order valence-corrected chi connectivity index (χ3v) is 4.27. The second kappa shape index (κ2) is 6.39. The van der Waals surface area contributed by atoms with E-state index in [0.29, 0.717) is 0 Å². The Balaban J connectivity index is 1.77. The van der Waals surface area contributed by atoms with Gasteiger partial charge in [-0.3, -0.25) is 4.90 Å². The van der Waals surface area contributed by atoms with Crippen molar-refractivity contribution in [3.63, 3.8) is 0 Å². The summed E-state index contributed by atoms with van der Waals surface area (Å²) >= 11 is 3.32. The molecule has 0 aromatic carbocycles. The SMILES string of the molecule is CN1CCN(C(C)(C)CNCc2ccc(Br)o2)CC1. The largest absolute Gasteiger partial charge is 0.453 e. The molecule has 0 saturated carbocycles. The lowest BCUT2D eigenvalue weighted by molar-refractivity contribution is 0.0615. The van der Waals surface area contributed by atoms with Crippen LogP contribution in [0.25, 0.3) is 0 Å². The van der Waals surface area contributed by atoms with Gasteiger partial charge in [0, 0.05) is 38.3 Å². The molecule has 1 fully saturated rings. The van der Waals surface area contributed by atoms with E-state index in [4.69, 9.17) is 4.42 Å². The lowest BCUT2D eigenvalue weighted by Gasteiger charge is -2.43. The highest BCUT2D eigenvalue weighted by Gasteiger charge is 2.28. The fourth-order valence-corrected chi connectivity index (χ4v) is 2.80. The van der Waals surface area contributed by atoms with Crippen molar-refractivity contribution in [2.75, 3.05) is 39.8 Å². The van der Waals surface area contributed by atoms with Crippen LogP contribution in [0.4, 0.5) is 0 Å². The van der Waals surface area contributed by atoms with Gasteiger partial charge in [-0.1, -0.05) is 0 Å². The average molecular weight is 330 g/mol. The molecule has 0 spiro atoms. The van der Waals surface area contributed by atoms with Crippen molar-refractivity contribution in [3.8, 4) is 0 Å². The van der Waals surface area contributed by atoms with Gasteiger partial charge in [0.25, 0.3) is 0 Å². The Morgan fingerprint density at radius 3 is 2.53 bits per heavy atom. The molecule has 4 nitrogen and oxygen atoms in total. The maximum Gasteiger partial charge on any atom is 0.169 e. The quantitative estimate of drug-likeness (QED) is 0.897. The molecule has 5 heteroatoms. The molecule has 1 saturated heterocycles. The standard InChI is InChI=1S/C14H24BrN3O/c1-14(2,18-8-6-17(3)7-9-18)11-16-10-12-4-5-13(15)19-12/h4-5,16H,6-11H2,1-3H3. The van der Waals surface area contributed by atoms with Gasteiger partial charge in [-0.2, -0.15) is 0 Å². The summed E-state index contributed by atoms with van der Waals surface area (Å²) in [4.78, 5) is 4.96. The molecular weight excluding hydrogens is 306 g/mol. The normalized spacial score (nSPS) is 18.9. The van der Waals surface area contributed by atoms with E-state index in [1.165, 1.54) is 0 Å². The number of rotatable bonds is 5. The fraction of sp³-hybridized carbons (Fsp3) is 0.714. The highest BCUT2D eigenvalue weighted by atomic mass is 79.9. The first kappa shape index (κ1) is 15.0. The lowest BCUT2D eigenvalue weighted by Crippen LogP contribution is -2.57. The summed E-state index contributed by atoms with van der Waals surface area (Å²) in [6, 6.07) is 3.93. The molecule has 1 aliphatic rings. The Labute approximate surface area is 124 Å². The maximum absolute atomic E-state index is 5.49. The van der Waals surface area contributed by atoms with E-state index in [1.54, 1.807) is 0 Å². The van der Waals surface area contributed by atoms with Crippen molar-refractivity contribution < 1.29 is 4.42 Å². The van der Waals surface area contributed by atoms with Crippen LogP contribution in [0.1, 0.15) is 19.6 Å². The number of nitrogens with zero attached hydrogens (tertiary/aromatic N) is 2. The van der Waals surface area contributed by atoms with Crippen molar-refractivity contribution in [2.24, 2.45) is 0 Å². The summed E-state index contributed by atoms with van der Waals surface area (Å²) in [5.41, 5.74) is 0.186. The van der Waals surface area contributed by atoms with Gasteiger partial charge in [0.2, 0.25) is 0 Å². The number of furan rings is 1. The van der Waals surface area contributed by atoms with E-state index < -0.39 is 0 Å². The number of piperazine rings is 1. The Hall–Kier alpha value is -0.360. The third-order valence-electron chi connectivity index (χ3n) is 3.85. The molecule has 0 atom stereocenters. The zero-order valence-electron chi connectivity index (χ0n) is 12.1. The predicted octanol–water partition coefficient (Wildman–Crippen LogP) is 2.16. The second-order valence-corrected chi connectivity index (χ2v) is 6.69. The summed E-state index contributed by atoms with van der Waals surface area (Å²) in [5, 5.41) is 3.49. The number of likely N-dealkylation sites (N-methyl/N-ethyl adjacent to an activating group) is 1. The second-order valence-electron chi connectivity index (χ2n) is 5.91. The van der Waals surface area contributed by atoms with E-state index in [-0.39, 0.29) is 5.54 Å². The van der Waals surface area contributed by atoms with Crippen molar-refractivity contribution >= 4 is 15.9 Å². The average Bonchev–Trinajstić information content (AvgIpc) is 2.75. The summed E-state index contributed by atoms with van der Waals surface area (Å²) in [5.74, 6) is 0.973. The Morgan fingerprint density at radius 1 is 1.26 bits per heavy atom. The van der Waals surface area contributed by atoms with Gasteiger partial charge in [0.1, 0.15) is 5.76 Å². The Kier molecular flexibility index (Phi) is 5.06. The van der Waals surface area contributed by atoms with Gasteiger partial charge in [-0.05, 0) is 49.0 Å². The third kappa shape index (κ3) is 4.31. The van der Waals surface area contributed by atoms with Crippen LogP contribution in [0.2, 0.25) is 0 Å². The van der Waals surface area contributed by atoms with Crippen LogP contribution in [-0.4, -0.2) is 55.1 Å². The Morgan fingerprint density at radius 2 is 1.95 bits per heavy atom. The van der Waals surface area contributed by atoms with Crippen LogP contribution in [0.15, 0.2) is 21.2 Å². The smallest absolute Gasteiger partial charge is 0.169 e. The Bertz CT molecular complexity index is 397. The molecule has 0 unspecified atom stereocenters. The first-order chi connectivity index (χ1) is 8.97. The van der Waals surface area contributed by atoms with E-state index in [2.05, 4.69) is 51.9 Å². The molecule has 2 rings (SSSR count). The summed E-state index contributed by atoms with van der Waals surface area (Å²) in [7, 11) is 2.19. The van der Waals surface area contributed by atoms with E-state index in [1.807, 2.05) is 12.1 Å². The van der Waals surface area contributed by atoms with Gasteiger partial charge < -0.3 is 14.6 Å². The molecule has 108 valence electrons. The molecule has 1 aliphatic heterocycles. The molecule has 2 heterocycles. The van der Waals surface area contributed by atoms with Crippen LogP contribution >= 0.6 is 15.9 Å².